The molecular weight excluding hydrogens is 420 g/mol. The van der Waals surface area contributed by atoms with E-state index < -0.39 is 0 Å². The van der Waals surface area contributed by atoms with Crippen molar-refractivity contribution < 1.29 is 4.74 Å². The fourth-order valence-corrected chi connectivity index (χ4v) is 5.13. The van der Waals surface area contributed by atoms with Gasteiger partial charge < -0.3 is 21.1 Å². The van der Waals surface area contributed by atoms with Gasteiger partial charge in [0.15, 0.2) is 0 Å². The van der Waals surface area contributed by atoms with Gasteiger partial charge in [-0.05, 0) is 49.2 Å². The molecule has 4 N–H and O–H groups in total. The van der Waals surface area contributed by atoms with Crippen LogP contribution in [-0.4, -0.2) is 28.1 Å². The molecule has 0 unspecified atom stereocenters. The zero-order chi connectivity index (χ0) is 22.4. The Morgan fingerprint density at radius 2 is 1.91 bits per heavy atom. The molecule has 0 saturated carbocycles. The smallest absolute Gasteiger partial charge is 0.222 e. The predicted molar refractivity (Wildman–Crippen MR) is 131 cm³/mol. The first-order valence-electron chi connectivity index (χ1n) is 10.7. The summed E-state index contributed by atoms with van der Waals surface area (Å²) >= 11 is 1.51. The lowest BCUT2D eigenvalue weighted by Gasteiger charge is -2.26. The monoisotopic (exact) mass is 446 g/mol. The average molecular weight is 447 g/mol. The summed E-state index contributed by atoms with van der Waals surface area (Å²) in [5.41, 5.74) is 17.1. The summed E-state index contributed by atoms with van der Waals surface area (Å²) in [6.45, 7) is 8.28. The molecule has 1 aromatic carbocycles. The van der Waals surface area contributed by atoms with E-state index in [1.54, 1.807) is 0 Å². The number of hydrogen-bond acceptors (Lipinski definition) is 8. The molecule has 5 rings (SSSR count). The Bertz CT molecular complexity index is 1320. The zero-order valence-corrected chi connectivity index (χ0v) is 19.2. The molecule has 7 nitrogen and oxygen atoms in total. The number of nitrogens with zero attached hydrogens (tertiary/aromatic N) is 4. The fourth-order valence-electron chi connectivity index (χ4n) is 4.34. The van der Waals surface area contributed by atoms with E-state index in [4.69, 9.17) is 21.2 Å². The standard InChI is InChI=1S/C24H26N6OS/c1-13(2)21-14(3)27-24(26)29-22(21)30-8-9-31-19-7-5-15(10-17(19)12-30)18-6-4-16-11-20(25)32-23(16)28-18/h4-7,10-11,13H,8-9,12,25H2,1-3H3,(H2,26,27,29). The minimum absolute atomic E-state index is 0.287. The van der Waals surface area contributed by atoms with E-state index in [9.17, 15) is 0 Å². The SMILES string of the molecule is Cc1nc(N)nc(N2CCOc3ccc(-c4ccc5cc(N)sc5n4)cc3C2)c1C(C)C. The van der Waals surface area contributed by atoms with Crippen molar-refractivity contribution in [2.24, 2.45) is 0 Å². The van der Waals surface area contributed by atoms with E-state index in [1.807, 2.05) is 25.1 Å². The van der Waals surface area contributed by atoms with Crippen LogP contribution >= 0.6 is 11.3 Å². The summed E-state index contributed by atoms with van der Waals surface area (Å²) in [5, 5.41) is 1.84. The number of aromatic nitrogens is 3. The Kier molecular flexibility index (Phi) is 5.09. The third-order valence-electron chi connectivity index (χ3n) is 5.75. The first-order valence-corrected chi connectivity index (χ1v) is 11.5. The van der Waals surface area contributed by atoms with Crippen LogP contribution in [0.4, 0.5) is 16.8 Å². The number of hydrogen-bond donors (Lipinski definition) is 2. The van der Waals surface area contributed by atoms with Crippen LogP contribution in [0.25, 0.3) is 21.5 Å². The summed E-state index contributed by atoms with van der Waals surface area (Å²) in [6.07, 6.45) is 0. The number of nitrogen functional groups attached to an aromatic ring is 2. The molecule has 0 fully saturated rings. The summed E-state index contributed by atoms with van der Waals surface area (Å²) in [5.74, 6) is 2.37. The van der Waals surface area contributed by atoms with Crippen molar-refractivity contribution in [3.63, 3.8) is 0 Å². The van der Waals surface area contributed by atoms with E-state index in [1.165, 1.54) is 11.3 Å². The van der Waals surface area contributed by atoms with E-state index in [2.05, 4.69) is 46.9 Å². The van der Waals surface area contributed by atoms with Crippen LogP contribution in [-0.2, 0) is 6.54 Å². The molecule has 0 aliphatic carbocycles. The number of pyridine rings is 1. The van der Waals surface area contributed by atoms with Crippen LogP contribution in [0, 0.1) is 6.92 Å². The van der Waals surface area contributed by atoms with Gasteiger partial charge in [-0.2, -0.15) is 4.98 Å². The van der Waals surface area contributed by atoms with Gasteiger partial charge in [-0.3, -0.25) is 0 Å². The molecule has 0 radical (unpaired) electrons. The van der Waals surface area contributed by atoms with Gasteiger partial charge in [0.05, 0.1) is 17.2 Å². The van der Waals surface area contributed by atoms with Crippen LogP contribution in [0.15, 0.2) is 36.4 Å². The largest absolute Gasteiger partial charge is 0.491 e. The van der Waals surface area contributed by atoms with Crippen LogP contribution in [0.2, 0.25) is 0 Å². The van der Waals surface area contributed by atoms with Crippen LogP contribution < -0.4 is 21.1 Å². The topological polar surface area (TPSA) is 103 Å². The highest BCUT2D eigenvalue weighted by Crippen LogP contribution is 2.35. The maximum absolute atomic E-state index is 6.07. The van der Waals surface area contributed by atoms with Crippen LogP contribution in [0.3, 0.4) is 0 Å². The molecular formula is C24H26N6OS. The van der Waals surface area contributed by atoms with Crippen molar-refractivity contribution in [3.05, 3.63) is 53.2 Å². The molecule has 3 aromatic heterocycles. The molecule has 8 heteroatoms. The molecule has 1 aliphatic heterocycles. The lowest BCUT2D eigenvalue weighted by Crippen LogP contribution is -2.28. The summed E-state index contributed by atoms with van der Waals surface area (Å²) in [4.78, 5) is 17.0. The third kappa shape index (κ3) is 3.71. The Balaban J connectivity index is 1.54. The number of nitrogens with two attached hydrogens (primary N) is 2. The fraction of sp³-hybridized carbons (Fsp3) is 0.292. The van der Waals surface area contributed by atoms with Crippen LogP contribution in [0.5, 0.6) is 5.75 Å². The second-order valence-electron chi connectivity index (χ2n) is 8.39. The van der Waals surface area contributed by atoms with Crippen molar-refractivity contribution in [1.82, 2.24) is 15.0 Å². The van der Waals surface area contributed by atoms with Gasteiger partial charge in [-0.15, -0.1) is 0 Å². The molecule has 0 spiro atoms. The Morgan fingerprint density at radius 3 is 2.72 bits per heavy atom. The van der Waals surface area contributed by atoms with Crippen molar-refractivity contribution in [1.29, 1.82) is 0 Å². The lowest BCUT2D eigenvalue weighted by molar-refractivity contribution is 0.331. The highest BCUT2D eigenvalue weighted by molar-refractivity contribution is 7.22. The number of aryl methyl sites for hydroxylation is 1. The molecule has 1 aliphatic rings. The number of anilines is 3. The first kappa shape index (κ1) is 20.5. The first-order chi connectivity index (χ1) is 15.4. The quantitative estimate of drug-likeness (QED) is 0.468. The third-order valence-corrected chi connectivity index (χ3v) is 6.62. The normalized spacial score (nSPS) is 13.8. The van der Waals surface area contributed by atoms with Crippen molar-refractivity contribution >= 4 is 38.3 Å². The number of rotatable bonds is 3. The van der Waals surface area contributed by atoms with Crippen molar-refractivity contribution in [3.8, 4) is 17.0 Å². The van der Waals surface area contributed by atoms with Gasteiger partial charge in [-0.25, -0.2) is 9.97 Å². The molecule has 32 heavy (non-hydrogen) atoms. The summed E-state index contributed by atoms with van der Waals surface area (Å²) < 4.78 is 6.07. The van der Waals surface area contributed by atoms with Gasteiger partial charge in [0.2, 0.25) is 5.95 Å². The minimum Gasteiger partial charge on any atom is -0.491 e. The lowest BCUT2D eigenvalue weighted by atomic mass is 10.0. The molecule has 0 bridgehead atoms. The van der Waals surface area contributed by atoms with Gasteiger partial charge in [0, 0.05) is 34.3 Å². The maximum atomic E-state index is 6.07. The second kappa shape index (κ2) is 7.94. The Morgan fingerprint density at radius 1 is 1.06 bits per heavy atom. The van der Waals surface area contributed by atoms with Crippen molar-refractivity contribution in [2.45, 2.75) is 33.2 Å². The number of fused-ring (bicyclic) bond motifs is 2. The molecule has 164 valence electrons. The van der Waals surface area contributed by atoms with E-state index in [0.29, 0.717) is 19.1 Å². The molecule has 0 amide bonds. The predicted octanol–water partition coefficient (Wildman–Crippen LogP) is 4.75. The zero-order valence-electron chi connectivity index (χ0n) is 18.4. The summed E-state index contributed by atoms with van der Waals surface area (Å²) in [6, 6.07) is 12.3. The van der Waals surface area contributed by atoms with Crippen molar-refractivity contribution in [2.75, 3.05) is 29.5 Å². The molecule has 4 aromatic rings. The Labute approximate surface area is 191 Å². The number of benzene rings is 1. The Hall–Kier alpha value is -3.39. The summed E-state index contributed by atoms with van der Waals surface area (Å²) in [7, 11) is 0. The number of thiophene rings is 1. The second-order valence-corrected chi connectivity index (χ2v) is 9.45. The van der Waals surface area contributed by atoms with Gasteiger partial charge in [0.1, 0.15) is 23.0 Å². The maximum Gasteiger partial charge on any atom is 0.222 e. The van der Waals surface area contributed by atoms with Gasteiger partial charge >= 0.3 is 0 Å². The van der Waals surface area contributed by atoms with E-state index in [0.717, 1.165) is 61.4 Å². The van der Waals surface area contributed by atoms with Gasteiger partial charge in [0.25, 0.3) is 0 Å². The highest BCUT2D eigenvalue weighted by atomic mass is 32.1. The van der Waals surface area contributed by atoms with E-state index in [-0.39, 0.29) is 5.92 Å². The average Bonchev–Trinajstić information content (AvgIpc) is 2.98. The minimum atomic E-state index is 0.287. The van der Waals surface area contributed by atoms with Gasteiger partial charge in [-0.1, -0.05) is 25.2 Å². The molecule has 0 saturated heterocycles. The van der Waals surface area contributed by atoms with E-state index >= 15 is 0 Å². The highest BCUT2D eigenvalue weighted by Gasteiger charge is 2.23. The molecule has 4 heterocycles. The van der Waals surface area contributed by atoms with Crippen LogP contribution in [0.1, 0.15) is 36.6 Å². The number of ether oxygens (including phenoxy) is 1. The molecule has 0 atom stereocenters.